The lowest BCUT2D eigenvalue weighted by molar-refractivity contribution is 0.129. The average Bonchev–Trinajstić information content (AvgIpc) is 2.46. The normalized spacial score (nSPS) is 11.7. The Labute approximate surface area is 88.7 Å². The second-order valence-electron chi connectivity index (χ2n) is 3.96. The smallest absolute Gasteiger partial charge is 0.294 e. The molecule has 4 nitrogen and oxygen atoms in total. The van der Waals surface area contributed by atoms with Crippen LogP contribution < -0.4 is 10.1 Å². The molecule has 14 heavy (non-hydrogen) atoms. The monoisotopic (exact) mass is 215 g/mol. The fourth-order valence-electron chi connectivity index (χ4n) is 0.845. The summed E-state index contributed by atoms with van der Waals surface area (Å²) in [5.74, 6) is 0. The Morgan fingerprint density at radius 3 is 2.64 bits per heavy atom. The van der Waals surface area contributed by atoms with Crippen molar-refractivity contribution in [3.63, 3.8) is 0 Å². The maximum Gasteiger partial charge on any atom is 0.294 e. The van der Waals surface area contributed by atoms with Gasteiger partial charge in [-0.1, -0.05) is 23.4 Å². The van der Waals surface area contributed by atoms with Gasteiger partial charge in [0.2, 0.25) is 0 Å². The summed E-state index contributed by atoms with van der Waals surface area (Å²) in [7, 11) is 0. The van der Waals surface area contributed by atoms with E-state index in [4.69, 9.17) is 4.74 Å². The predicted octanol–water partition coefficient (Wildman–Crippen LogP) is 1.82. The zero-order valence-electron chi connectivity index (χ0n) is 9.13. The lowest BCUT2D eigenvalue weighted by atomic mass is 10.2. The Morgan fingerprint density at radius 1 is 1.36 bits per heavy atom. The molecule has 0 spiro atoms. The number of aromatic nitrogens is 2. The zero-order valence-corrected chi connectivity index (χ0v) is 9.94. The highest BCUT2D eigenvalue weighted by Crippen LogP contribution is 2.22. The Balaban J connectivity index is 2.51. The molecule has 5 heteroatoms. The summed E-state index contributed by atoms with van der Waals surface area (Å²) in [6.45, 7) is 9.76. The summed E-state index contributed by atoms with van der Waals surface area (Å²) in [5, 5.41) is 12.8. The van der Waals surface area contributed by atoms with E-state index in [2.05, 4.69) is 22.4 Å². The van der Waals surface area contributed by atoms with Crippen molar-refractivity contribution in [3.8, 4) is 5.19 Å². The molecule has 0 amide bonds. The van der Waals surface area contributed by atoms with Crippen LogP contribution in [0.3, 0.4) is 0 Å². The van der Waals surface area contributed by atoms with E-state index in [1.165, 1.54) is 11.3 Å². The van der Waals surface area contributed by atoms with Crippen LogP contribution in [0.4, 0.5) is 0 Å². The van der Waals surface area contributed by atoms with Crippen molar-refractivity contribution in [1.82, 2.24) is 15.5 Å². The molecule has 0 atom stereocenters. The minimum atomic E-state index is -0.199. The van der Waals surface area contributed by atoms with Crippen LogP contribution in [0, 0.1) is 0 Å². The van der Waals surface area contributed by atoms with E-state index >= 15 is 0 Å². The molecule has 80 valence electrons. The number of rotatable bonds is 4. The topological polar surface area (TPSA) is 47.0 Å². The van der Waals surface area contributed by atoms with Gasteiger partial charge in [-0.2, -0.15) is 0 Å². The predicted molar refractivity (Wildman–Crippen MR) is 57.7 cm³/mol. The summed E-state index contributed by atoms with van der Waals surface area (Å²) in [5.41, 5.74) is -0.199. The Hall–Kier alpha value is -0.680. The minimum absolute atomic E-state index is 0.199. The van der Waals surface area contributed by atoms with Crippen molar-refractivity contribution in [2.75, 3.05) is 6.54 Å². The van der Waals surface area contributed by atoms with Crippen molar-refractivity contribution >= 4 is 11.3 Å². The second-order valence-corrected chi connectivity index (χ2v) is 4.98. The number of nitrogens with zero attached hydrogens (tertiary/aromatic N) is 2. The summed E-state index contributed by atoms with van der Waals surface area (Å²) in [6, 6.07) is 0. The van der Waals surface area contributed by atoms with Gasteiger partial charge >= 0.3 is 0 Å². The molecule has 1 heterocycles. The maximum atomic E-state index is 5.58. The largest absolute Gasteiger partial charge is 0.463 e. The molecule has 1 aromatic heterocycles. The molecule has 0 fully saturated rings. The van der Waals surface area contributed by atoms with E-state index in [-0.39, 0.29) is 5.60 Å². The van der Waals surface area contributed by atoms with Gasteiger partial charge in [0.05, 0.1) is 0 Å². The van der Waals surface area contributed by atoms with Crippen molar-refractivity contribution < 1.29 is 4.74 Å². The molecule has 0 aliphatic heterocycles. The Kier molecular flexibility index (Phi) is 3.83. The summed E-state index contributed by atoms with van der Waals surface area (Å²) in [4.78, 5) is 0. The Morgan fingerprint density at radius 2 is 2.07 bits per heavy atom. The molecule has 1 aromatic rings. The number of nitrogens with one attached hydrogen (secondary N) is 1. The summed E-state index contributed by atoms with van der Waals surface area (Å²) in [6.07, 6.45) is 0. The van der Waals surface area contributed by atoms with Gasteiger partial charge in [0, 0.05) is 6.54 Å². The van der Waals surface area contributed by atoms with Gasteiger partial charge in [0.1, 0.15) is 10.6 Å². The van der Waals surface area contributed by atoms with Crippen LogP contribution in [0.2, 0.25) is 0 Å². The fraction of sp³-hybridized carbons (Fsp3) is 0.778. The van der Waals surface area contributed by atoms with Crippen molar-refractivity contribution in [2.45, 2.75) is 39.8 Å². The van der Waals surface area contributed by atoms with Gasteiger partial charge in [0.25, 0.3) is 5.19 Å². The molecule has 0 radical (unpaired) electrons. The third-order valence-corrected chi connectivity index (χ3v) is 2.17. The highest BCUT2D eigenvalue weighted by molar-refractivity contribution is 7.13. The van der Waals surface area contributed by atoms with Gasteiger partial charge in [-0.15, -0.1) is 5.10 Å². The van der Waals surface area contributed by atoms with Crippen molar-refractivity contribution in [3.05, 3.63) is 5.01 Å². The van der Waals surface area contributed by atoms with E-state index in [1.54, 1.807) is 0 Å². The van der Waals surface area contributed by atoms with Crippen LogP contribution in [0.5, 0.6) is 5.19 Å². The van der Waals surface area contributed by atoms with Gasteiger partial charge in [-0.05, 0) is 27.3 Å². The van der Waals surface area contributed by atoms with Gasteiger partial charge in [-0.3, -0.25) is 0 Å². The first kappa shape index (κ1) is 11.4. The number of ether oxygens (including phenoxy) is 1. The van der Waals surface area contributed by atoms with Crippen molar-refractivity contribution in [2.24, 2.45) is 0 Å². The second kappa shape index (κ2) is 4.70. The van der Waals surface area contributed by atoms with Crippen LogP contribution in [0.1, 0.15) is 32.7 Å². The number of hydrogen-bond acceptors (Lipinski definition) is 5. The average molecular weight is 215 g/mol. The molecule has 0 aromatic carbocycles. The molecule has 1 N–H and O–H groups in total. The molecular weight excluding hydrogens is 198 g/mol. The minimum Gasteiger partial charge on any atom is -0.463 e. The molecule has 0 saturated carbocycles. The summed E-state index contributed by atoms with van der Waals surface area (Å²) >= 11 is 1.49. The van der Waals surface area contributed by atoms with Crippen LogP contribution in [0.25, 0.3) is 0 Å². The highest BCUT2D eigenvalue weighted by atomic mass is 32.1. The maximum absolute atomic E-state index is 5.58. The van der Waals surface area contributed by atoms with Crippen LogP contribution >= 0.6 is 11.3 Å². The van der Waals surface area contributed by atoms with E-state index in [1.807, 2.05) is 20.8 Å². The van der Waals surface area contributed by atoms with Crippen molar-refractivity contribution in [1.29, 1.82) is 0 Å². The summed E-state index contributed by atoms with van der Waals surface area (Å²) < 4.78 is 5.58. The van der Waals surface area contributed by atoms with E-state index in [0.29, 0.717) is 5.19 Å². The van der Waals surface area contributed by atoms with Gasteiger partial charge < -0.3 is 10.1 Å². The lowest BCUT2D eigenvalue weighted by Gasteiger charge is -2.17. The van der Waals surface area contributed by atoms with Crippen LogP contribution in [-0.4, -0.2) is 22.3 Å². The first-order valence-electron chi connectivity index (χ1n) is 4.73. The standard InChI is InChI=1S/C9H17N3OS/c1-5-10-6-7-11-12-8(14-7)13-9(2,3)4/h10H,5-6H2,1-4H3. The van der Waals surface area contributed by atoms with Crippen LogP contribution in [0.15, 0.2) is 0 Å². The quantitative estimate of drug-likeness (QED) is 0.832. The lowest BCUT2D eigenvalue weighted by Crippen LogP contribution is -2.22. The molecule has 0 unspecified atom stereocenters. The molecule has 1 rings (SSSR count). The SMILES string of the molecule is CCNCc1nnc(OC(C)(C)C)s1. The molecule has 0 bridgehead atoms. The van der Waals surface area contributed by atoms with Gasteiger partial charge in [0.15, 0.2) is 0 Å². The molecule has 0 aliphatic carbocycles. The van der Waals surface area contributed by atoms with Crippen LogP contribution in [-0.2, 0) is 6.54 Å². The molecule has 0 saturated heterocycles. The first-order chi connectivity index (χ1) is 6.51. The van der Waals surface area contributed by atoms with Gasteiger partial charge in [-0.25, -0.2) is 0 Å². The molecular formula is C9H17N3OS. The highest BCUT2D eigenvalue weighted by Gasteiger charge is 2.15. The third-order valence-electron chi connectivity index (χ3n) is 1.37. The zero-order chi connectivity index (χ0) is 10.6. The molecule has 0 aliphatic rings. The number of hydrogen-bond donors (Lipinski definition) is 1. The fourth-order valence-corrected chi connectivity index (χ4v) is 1.68. The first-order valence-corrected chi connectivity index (χ1v) is 5.55. The van der Waals surface area contributed by atoms with E-state index < -0.39 is 0 Å². The third kappa shape index (κ3) is 4.02. The Bertz CT molecular complexity index is 280. The van der Waals surface area contributed by atoms with E-state index in [0.717, 1.165) is 18.1 Å². The van der Waals surface area contributed by atoms with E-state index in [9.17, 15) is 0 Å².